The second kappa shape index (κ2) is 10.6. The fraction of sp³-hybridized carbons (Fsp3) is 0.310. The van der Waals surface area contributed by atoms with Crippen molar-refractivity contribution in [3.8, 4) is 5.75 Å². The van der Waals surface area contributed by atoms with Crippen molar-refractivity contribution in [2.24, 2.45) is 0 Å². The fourth-order valence-electron chi connectivity index (χ4n) is 5.01. The molecule has 0 unspecified atom stereocenters. The van der Waals surface area contributed by atoms with Crippen LogP contribution in [0.5, 0.6) is 5.75 Å². The summed E-state index contributed by atoms with van der Waals surface area (Å²) < 4.78 is 7.05. The van der Waals surface area contributed by atoms with Gasteiger partial charge >= 0.3 is 0 Å². The summed E-state index contributed by atoms with van der Waals surface area (Å²) in [5.74, 6) is 1.34. The van der Waals surface area contributed by atoms with Gasteiger partial charge in [0.1, 0.15) is 11.4 Å². The van der Waals surface area contributed by atoms with Gasteiger partial charge in [-0.05, 0) is 72.7 Å². The average Bonchev–Trinajstić information content (AvgIpc) is 3.32. The van der Waals surface area contributed by atoms with Gasteiger partial charge in [-0.15, -0.1) is 0 Å². The van der Waals surface area contributed by atoms with E-state index >= 15 is 0 Å². The average molecular weight is 503 g/mol. The molecule has 1 saturated heterocycles. The van der Waals surface area contributed by atoms with Gasteiger partial charge in [-0.2, -0.15) is 0 Å². The number of piperidine rings is 1. The third-order valence-electron chi connectivity index (χ3n) is 7.06. The Hall–Kier alpha value is -3.51. The van der Waals surface area contributed by atoms with Gasteiger partial charge in [-0.3, -0.25) is 9.20 Å². The SMILES string of the molecule is CCc1nc2c(Cl)cccn2c1C(=O)NCc1ccc(N2CCC(c3ccc(OC)cc3)CC2)cc1. The number of methoxy groups -OCH3 is 1. The zero-order chi connectivity index (χ0) is 25.1. The number of ether oxygens (including phenoxy) is 1. The number of fused-ring (bicyclic) bond motifs is 1. The second-order valence-corrected chi connectivity index (χ2v) is 9.60. The van der Waals surface area contributed by atoms with Crippen molar-refractivity contribution in [2.75, 3.05) is 25.1 Å². The van der Waals surface area contributed by atoms with Crippen LogP contribution in [-0.4, -0.2) is 35.5 Å². The zero-order valence-corrected chi connectivity index (χ0v) is 21.5. The number of aromatic nitrogens is 2. The molecule has 2 aromatic carbocycles. The predicted octanol–water partition coefficient (Wildman–Crippen LogP) is 5.87. The maximum atomic E-state index is 13.1. The first-order chi connectivity index (χ1) is 17.6. The molecule has 36 heavy (non-hydrogen) atoms. The fourth-order valence-corrected chi connectivity index (χ4v) is 5.21. The molecule has 0 radical (unpaired) electrons. The Kier molecular flexibility index (Phi) is 7.14. The highest BCUT2D eigenvalue weighted by Crippen LogP contribution is 2.31. The molecular formula is C29H31ClN4O2. The first kappa shape index (κ1) is 24.2. The summed E-state index contributed by atoms with van der Waals surface area (Å²) in [6.07, 6.45) is 4.75. The van der Waals surface area contributed by atoms with Crippen molar-refractivity contribution in [1.29, 1.82) is 0 Å². The molecule has 1 aliphatic heterocycles. The number of nitrogens with one attached hydrogen (secondary N) is 1. The molecule has 4 aromatic rings. The minimum absolute atomic E-state index is 0.147. The topological polar surface area (TPSA) is 58.9 Å². The first-order valence-electron chi connectivity index (χ1n) is 12.5. The van der Waals surface area contributed by atoms with Crippen LogP contribution in [-0.2, 0) is 13.0 Å². The van der Waals surface area contributed by atoms with Gasteiger partial charge in [0.15, 0.2) is 5.65 Å². The van der Waals surface area contributed by atoms with E-state index in [2.05, 4.69) is 51.6 Å². The Bertz CT molecular complexity index is 1340. The second-order valence-electron chi connectivity index (χ2n) is 9.19. The highest BCUT2D eigenvalue weighted by molar-refractivity contribution is 6.33. The Morgan fingerprint density at radius 3 is 2.47 bits per heavy atom. The predicted molar refractivity (Wildman–Crippen MR) is 144 cm³/mol. The van der Waals surface area contributed by atoms with Gasteiger partial charge in [-0.25, -0.2) is 4.98 Å². The summed E-state index contributed by atoms with van der Waals surface area (Å²) in [6.45, 7) is 4.51. The molecule has 186 valence electrons. The maximum absolute atomic E-state index is 13.1. The van der Waals surface area contributed by atoms with E-state index < -0.39 is 0 Å². The molecule has 3 heterocycles. The lowest BCUT2D eigenvalue weighted by Gasteiger charge is -2.34. The molecule has 6 nitrogen and oxygen atoms in total. The lowest BCUT2D eigenvalue weighted by atomic mass is 9.89. The van der Waals surface area contributed by atoms with Crippen molar-refractivity contribution in [1.82, 2.24) is 14.7 Å². The number of rotatable bonds is 7. The lowest BCUT2D eigenvalue weighted by molar-refractivity contribution is 0.0944. The van der Waals surface area contributed by atoms with E-state index in [1.165, 1.54) is 11.3 Å². The number of aryl methyl sites for hydroxylation is 1. The van der Waals surface area contributed by atoms with E-state index in [9.17, 15) is 4.79 Å². The van der Waals surface area contributed by atoms with Crippen LogP contribution in [0.2, 0.25) is 5.02 Å². The van der Waals surface area contributed by atoms with Crippen molar-refractivity contribution < 1.29 is 9.53 Å². The van der Waals surface area contributed by atoms with Gasteiger partial charge < -0.3 is 15.0 Å². The van der Waals surface area contributed by atoms with Crippen LogP contribution >= 0.6 is 11.6 Å². The zero-order valence-electron chi connectivity index (χ0n) is 20.7. The van der Waals surface area contributed by atoms with Gasteiger partial charge in [0.2, 0.25) is 0 Å². The van der Waals surface area contributed by atoms with Crippen LogP contribution in [0.3, 0.4) is 0 Å². The van der Waals surface area contributed by atoms with E-state index in [0.717, 1.165) is 42.9 Å². The lowest BCUT2D eigenvalue weighted by Crippen LogP contribution is -2.32. The Morgan fingerprint density at radius 2 is 1.81 bits per heavy atom. The molecule has 7 heteroatoms. The minimum atomic E-state index is -0.147. The van der Waals surface area contributed by atoms with E-state index in [1.807, 2.05) is 31.3 Å². The number of amides is 1. The number of benzene rings is 2. The van der Waals surface area contributed by atoms with Crippen LogP contribution in [0.15, 0.2) is 66.9 Å². The Labute approximate surface area is 216 Å². The van der Waals surface area contributed by atoms with E-state index in [0.29, 0.717) is 35.2 Å². The number of carbonyl (C=O) groups excluding carboxylic acids is 1. The summed E-state index contributed by atoms with van der Waals surface area (Å²) in [6, 6.07) is 20.6. The quantitative estimate of drug-likeness (QED) is 0.343. The monoisotopic (exact) mass is 502 g/mol. The Morgan fingerprint density at radius 1 is 1.08 bits per heavy atom. The largest absolute Gasteiger partial charge is 0.497 e. The van der Waals surface area contributed by atoms with Gasteiger partial charge in [-0.1, -0.05) is 42.8 Å². The summed E-state index contributed by atoms with van der Waals surface area (Å²) in [7, 11) is 1.70. The van der Waals surface area contributed by atoms with Crippen molar-refractivity contribution in [3.63, 3.8) is 0 Å². The van der Waals surface area contributed by atoms with Crippen molar-refractivity contribution in [3.05, 3.63) is 94.4 Å². The highest BCUT2D eigenvalue weighted by Gasteiger charge is 2.22. The smallest absolute Gasteiger partial charge is 0.270 e. The molecule has 0 aliphatic carbocycles. The minimum Gasteiger partial charge on any atom is -0.497 e. The van der Waals surface area contributed by atoms with E-state index in [1.54, 1.807) is 17.6 Å². The molecule has 0 saturated carbocycles. The van der Waals surface area contributed by atoms with Gasteiger partial charge in [0.25, 0.3) is 5.91 Å². The number of halogens is 1. The molecule has 2 aromatic heterocycles. The highest BCUT2D eigenvalue weighted by atomic mass is 35.5. The summed E-state index contributed by atoms with van der Waals surface area (Å²) in [5.41, 5.74) is 5.58. The Balaban J connectivity index is 1.19. The molecule has 1 fully saturated rings. The molecule has 0 atom stereocenters. The van der Waals surface area contributed by atoms with E-state index in [4.69, 9.17) is 16.3 Å². The summed E-state index contributed by atoms with van der Waals surface area (Å²) in [4.78, 5) is 20.1. The van der Waals surface area contributed by atoms with Crippen molar-refractivity contribution in [2.45, 2.75) is 38.6 Å². The first-order valence-corrected chi connectivity index (χ1v) is 12.9. The third kappa shape index (κ3) is 4.91. The molecule has 1 N–H and O–H groups in total. The molecule has 5 rings (SSSR count). The molecule has 1 aliphatic rings. The number of imidazole rings is 1. The van der Waals surface area contributed by atoms with Crippen LogP contribution in [0.4, 0.5) is 5.69 Å². The van der Waals surface area contributed by atoms with Gasteiger partial charge in [0.05, 0.1) is 17.8 Å². The van der Waals surface area contributed by atoms with Crippen LogP contribution in [0.1, 0.15) is 53.0 Å². The molecule has 1 amide bonds. The summed E-state index contributed by atoms with van der Waals surface area (Å²) >= 11 is 6.28. The number of nitrogens with zero attached hydrogens (tertiary/aromatic N) is 3. The van der Waals surface area contributed by atoms with E-state index in [-0.39, 0.29) is 5.91 Å². The van der Waals surface area contributed by atoms with Crippen LogP contribution in [0, 0.1) is 0 Å². The van der Waals surface area contributed by atoms with Gasteiger partial charge in [0, 0.05) is 31.5 Å². The number of hydrogen-bond acceptors (Lipinski definition) is 4. The number of pyridine rings is 1. The van der Waals surface area contributed by atoms with Crippen LogP contribution in [0.25, 0.3) is 5.65 Å². The molecule has 0 bridgehead atoms. The third-order valence-corrected chi connectivity index (χ3v) is 7.36. The van der Waals surface area contributed by atoms with Crippen LogP contribution < -0.4 is 15.0 Å². The molecule has 0 spiro atoms. The standard InChI is InChI=1S/C29H31ClN4O2/c1-3-26-27(34-16-4-5-25(30)28(34)32-26)29(35)31-19-20-6-10-23(11-7-20)33-17-14-22(15-18-33)21-8-12-24(36-2)13-9-21/h4-13,16,22H,3,14-15,17-19H2,1-2H3,(H,31,35). The maximum Gasteiger partial charge on any atom is 0.270 e. The van der Waals surface area contributed by atoms with Crippen molar-refractivity contribution >= 4 is 28.8 Å². The number of carbonyl (C=O) groups is 1. The normalized spacial score (nSPS) is 14.2. The number of hydrogen-bond donors (Lipinski definition) is 1. The summed E-state index contributed by atoms with van der Waals surface area (Å²) in [5, 5.41) is 3.59. The molecular weight excluding hydrogens is 472 g/mol. The number of anilines is 1.